The van der Waals surface area contributed by atoms with Crippen molar-refractivity contribution in [1.29, 1.82) is 0 Å². The van der Waals surface area contributed by atoms with E-state index in [4.69, 9.17) is 10.5 Å². The van der Waals surface area contributed by atoms with Crippen molar-refractivity contribution < 1.29 is 22.6 Å². The number of alkyl halides is 3. The summed E-state index contributed by atoms with van der Waals surface area (Å²) in [5.41, 5.74) is 9.01. The van der Waals surface area contributed by atoms with Crippen molar-refractivity contribution in [3.05, 3.63) is 77.9 Å². The Hall–Kier alpha value is -3.15. The third-order valence-electron chi connectivity index (χ3n) is 4.00. The van der Waals surface area contributed by atoms with Crippen molar-refractivity contribution in [3.63, 3.8) is 0 Å². The molecule has 0 radical (unpaired) electrons. The van der Waals surface area contributed by atoms with Crippen LogP contribution in [0.4, 0.5) is 18.9 Å². The van der Waals surface area contributed by atoms with Gasteiger partial charge in [-0.1, -0.05) is 48.5 Å². The highest BCUT2D eigenvalue weighted by Gasteiger charge is 2.32. The minimum atomic E-state index is -4.77. The van der Waals surface area contributed by atoms with Crippen LogP contribution >= 0.6 is 0 Å². The monoisotopic (exact) mass is 373 g/mol. The second-order valence-corrected chi connectivity index (χ2v) is 6.02. The second-order valence-electron chi connectivity index (χ2n) is 6.02. The molecule has 0 atom stereocenters. The Labute approximate surface area is 155 Å². The summed E-state index contributed by atoms with van der Waals surface area (Å²) in [5, 5.41) is 0. The quantitative estimate of drug-likeness (QED) is 0.582. The first-order chi connectivity index (χ1) is 12.8. The maximum absolute atomic E-state index is 12.7. The molecular weight excluding hydrogens is 355 g/mol. The molecule has 0 aliphatic carbocycles. The van der Waals surface area contributed by atoms with E-state index >= 15 is 0 Å². The average molecular weight is 373 g/mol. The summed E-state index contributed by atoms with van der Waals surface area (Å²) in [4.78, 5) is 0. The number of nitrogens with two attached hydrogens (primary N) is 1. The zero-order valence-electron chi connectivity index (χ0n) is 14.6. The zero-order chi connectivity index (χ0) is 19.4. The Morgan fingerprint density at radius 3 is 2.22 bits per heavy atom. The second kappa shape index (κ2) is 7.61. The third kappa shape index (κ3) is 4.73. The van der Waals surface area contributed by atoms with E-state index in [1.54, 1.807) is 31.2 Å². The molecule has 3 rings (SSSR count). The molecule has 0 spiro atoms. The van der Waals surface area contributed by atoms with Crippen molar-refractivity contribution in [2.75, 3.05) is 5.73 Å². The lowest BCUT2D eigenvalue weighted by atomic mass is 9.98. The van der Waals surface area contributed by atoms with Crippen molar-refractivity contribution in [2.24, 2.45) is 0 Å². The molecule has 0 amide bonds. The number of benzene rings is 3. The smallest absolute Gasteiger partial charge is 0.487 e. The summed E-state index contributed by atoms with van der Waals surface area (Å²) in [6.45, 7) is 2.07. The highest BCUT2D eigenvalue weighted by Crippen LogP contribution is 2.39. The highest BCUT2D eigenvalue weighted by atomic mass is 19.4. The third-order valence-corrected chi connectivity index (χ3v) is 4.00. The lowest BCUT2D eigenvalue weighted by Gasteiger charge is -2.17. The summed E-state index contributed by atoms with van der Waals surface area (Å²) in [6.07, 6.45) is -4.77. The van der Waals surface area contributed by atoms with Gasteiger partial charge in [0.05, 0.1) is 5.69 Å². The molecule has 27 heavy (non-hydrogen) atoms. The van der Waals surface area contributed by atoms with Gasteiger partial charge in [-0.3, -0.25) is 0 Å². The predicted molar refractivity (Wildman–Crippen MR) is 98.5 cm³/mol. The van der Waals surface area contributed by atoms with Crippen LogP contribution in [-0.2, 0) is 6.61 Å². The average Bonchev–Trinajstić information content (AvgIpc) is 2.61. The van der Waals surface area contributed by atoms with E-state index in [0.29, 0.717) is 29.2 Å². The molecule has 0 unspecified atom stereocenters. The first-order valence-corrected chi connectivity index (χ1v) is 8.25. The fraction of sp³-hybridized carbons (Fsp3) is 0.143. The minimum absolute atomic E-state index is 0.271. The standard InChI is InChI=1S/C21H18F3NO2/c1-14-11-18(25)20(26-13-15-7-3-2-4-8-15)12-17(14)16-9-5-6-10-19(16)27-21(22,23)24/h2-12H,13,25H2,1H3. The predicted octanol–water partition coefficient (Wildman–Crippen LogP) is 5.72. The van der Waals surface area contributed by atoms with Gasteiger partial charge in [-0.2, -0.15) is 0 Å². The Kier molecular flexibility index (Phi) is 5.26. The lowest BCUT2D eigenvalue weighted by Crippen LogP contribution is -2.17. The molecule has 2 N–H and O–H groups in total. The Morgan fingerprint density at radius 2 is 1.52 bits per heavy atom. The number of aryl methyl sites for hydroxylation is 1. The Bertz CT molecular complexity index is 924. The minimum Gasteiger partial charge on any atom is -0.487 e. The van der Waals surface area contributed by atoms with E-state index in [1.165, 1.54) is 12.1 Å². The lowest BCUT2D eigenvalue weighted by molar-refractivity contribution is -0.274. The van der Waals surface area contributed by atoms with Gasteiger partial charge in [-0.05, 0) is 41.8 Å². The maximum Gasteiger partial charge on any atom is 0.573 e. The number of hydrogen-bond donors (Lipinski definition) is 1. The van der Waals surface area contributed by atoms with Crippen LogP contribution in [0.3, 0.4) is 0 Å². The number of nitrogen functional groups attached to an aromatic ring is 1. The van der Waals surface area contributed by atoms with Gasteiger partial charge < -0.3 is 15.2 Å². The molecule has 0 bridgehead atoms. The number of para-hydroxylation sites is 1. The van der Waals surface area contributed by atoms with Gasteiger partial charge in [-0.25, -0.2) is 0 Å². The molecule has 3 aromatic carbocycles. The number of halogens is 3. The van der Waals surface area contributed by atoms with Crippen LogP contribution in [-0.4, -0.2) is 6.36 Å². The van der Waals surface area contributed by atoms with Gasteiger partial charge in [0.1, 0.15) is 18.1 Å². The highest BCUT2D eigenvalue weighted by molar-refractivity contribution is 5.77. The van der Waals surface area contributed by atoms with Gasteiger partial charge in [0.25, 0.3) is 0 Å². The van der Waals surface area contributed by atoms with Gasteiger partial charge in [0.15, 0.2) is 0 Å². The van der Waals surface area contributed by atoms with Crippen molar-refractivity contribution >= 4 is 5.69 Å². The van der Waals surface area contributed by atoms with E-state index in [9.17, 15) is 13.2 Å². The molecule has 3 nitrogen and oxygen atoms in total. The summed E-state index contributed by atoms with van der Waals surface area (Å²) >= 11 is 0. The molecule has 6 heteroatoms. The van der Waals surface area contributed by atoms with E-state index in [2.05, 4.69) is 4.74 Å². The fourth-order valence-corrected chi connectivity index (χ4v) is 2.76. The van der Waals surface area contributed by atoms with Crippen molar-refractivity contribution in [3.8, 4) is 22.6 Å². The normalized spacial score (nSPS) is 11.3. The molecule has 0 aromatic heterocycles. The number of ether oxygens (including phenoxy) is 2. The van der Waals surface area contributed by atoms with E-state index in [1.807, 2.05) is 30.3 Å². The number of hydrogen-bond acceptors (Lipinski definition) is 3. The molecule has 0 aliphatic heterocycles. The largest absolute Gasteiger partial charge is 0.573 e. The van der Waals surface area contributed by atoms with Crippen molar-refractivity contribution in [2.45, 2.75) is 19.9 Å². The fourth-order valence-electron chi connectivity index (χ4n) is 2.76. The summed E-state index contributed by atoms with van der Waals surface area (Å²) < 4.78 is 48.1. The van der Waals surface area contributed by atoms with Crippen LogP contribution in [0.5, 0.6) is 11.5 Å². The summed E-state index contributed by atoms with van der Waals surface area (Å²) in [7, 11) is 0. The van der Waals surface area contributed by atoms with Gasteiger partial charge >= 0.3 is 6.36 Å². The molecule has 0 fully saturated rings. The van der Waals surface area contributed by atoms with Gasteiger partial charge in [0.2, 0.25) is 0 Å². The van der Waals surface area contributed by atoms with Crippen molar-refractivity contribution in [1.82, 2.24) is 0 Å². The van der Waals surface area contributed by atoms with Crippen LogP contribution in [0.1, 0.15) is 11.1 Å². The molecule has 140 valence electrons. The Balaban J connectivity index is 1.95. The first kappa shape index (κ1) is 18.6. The van der Waals surface area contributed by atoms with E-state index < -0.39 is 6.36 Å². The number of rotatable bonds is 5. The van der Waals surface area contributed by atoms with Gasteiger partial charge in [-0.15, -0.1) is 13.2 Å². The van der Waals surface area contributed by atoms with E-state index in [0.717, 1.165) is 11.1 Å². The van der Waals surface area contributed by atoms with Crippen LogP contribution < -0.4 is 15.2 Å². The van der Waals surface area contributed by atoms with E-state index in [-0.39, 0.29) is 5.75 Å². The van der Waals surface area contributed by atoms with Crippen LogP contribution in [0.15, 0.2) is 66.7 Å². The zero-order valence-corrected chi connectivity index (χ0v) is 14.6. The first-order valence-electron chi connectivity index (χ1n) is 8.25. The molecule has 0 saturated carbocycles. The molecule has 0 heterocycles. The summed E-state index contributed by atoms with van der Waals surface area (Å²) in [5.74, 6) is 0.133. The topological polar surface area (TPSA) is 44.5 Å². The maximum atomic E-state index is 12.7. The number of anilines is 1. The van der Waals surface area contributed by atoms with Gasteiger partial charge in [0, 0.05) is 5.56 Å². The Morgan fingerprint density at radius 1 is 0.852 bits per heavy atom. The summed E-state index contributed by atoms with van der Waals surface area (Å²) in [6, 6.07) is 18.8. The molecule has 3 aromatic rings. The SMILES string of the molecule is Cc1cc(N)c(OCc2ccccc2)cc1-c1ccccc1OC(F)(F)F. The van der Waals surface area contributed by atoms with Crippen LogP contribution in [0.2, 0.25) is 0 Å². The van der Waals surface area contributed by atoms with Crippen LogP contribution in [0, 0.1) is 6.92 Å². The molecular formula is C21H18F3NO2. The van der Waals surface area contributed by atoms with Crippen LogP contribution in [0.25, 0.3) is 11.1 Å². The molecule has 0 saturated heterocycles. The molecule has 0 aliphatic rings.